The fourth-order valence-electron chi connectivity index (χ4n) is 4.12. The van der Waals surface area contributed by atoms with Crippen molar-refractivity contribution in [2.45, 2.75) is 6.42 Å². The minimum atomic E-state index is -0.925. The van der Waals surface area contributed by atoms with E-state index in [9.17, 15) is 19.5 Å². The number of carbonyl (C=O) groups is 3. The van der Waals surface area contributed by atoms with E-state index >= 15 is 0 Å². The van der Waals surface area contributed by atoms with E-state index in [0.717, 1.165) is 0 Å². The highest BCUT2D eigenvalue weighted by Gasteiger charge is 2.51. The number of allylic oxidation sites excluding steroid dienone is 2. The SMILES string of the molecule is O=C(O)[C@@H]1[C@@H](C(=O)Nc2cccc(N3CCOC3=O)c2)[C@H]2C=C[C@H]1C2. The quantitative estimate of drug-likeness (QED) is 0.817. The van der Waals surface area contributed by atoms with Gasteiger partial charge in [0.1, 0.15) is 6.61 Å². The number of nitrogens with one attached hydrogen (secondary N) is 1. The molecule has 0 radical (unpaired) electrons. The average molecular weight is 342 g/mol. The first kappa shape index (κ1) is 15.7. The Morgan fingerprint density at radius 3 is 2.64 bits per heavy atom. The second-order valence-corrected chi connectivity index (χ2v) is 6.64. The molecule has 7 nitrogen and oxygen atoms in total. The molecule has 25 heavy (non-hydrogen) atoms. The van der Waals surface area contributed by atoms with Crippen LogP contribution in [0.2, 0.25) is 0 Å². The Bertz CT molecular complexity index is 774. The van der Waals surface area contributed by atoms with Gasteiger partial charge in [-0.2, -0.15) is 0 Å². The number of nitrogens with zero attached hydrogens (tertiary/aromatic N) is 1. The molecular weight excluding hydrogens is 324 g/mol. The van der Waals surface area contributed by atoms with Crippen LogP contribution in [0.25, 0.3) is 0 Å². The van der Waals surface area contributed by atoms with Crippen molar-refractivity contribution in [1.29, 1.82) is 0 Å². The molecule has 1 saturated carbocycles. The number of anilines is 2. The maximum absolute atomic E-state index is 12.7. The number of ether oxygens (including phenoxy) is 1. The Morgan fingerprint density at radius 1 is 1.20 bits per heavy atom. The summed E-state index contributed by atoms with van der Waals surface area (Å²) in [6.07, 6.45) is 4.17. The van der Waals surface area contributed by atoms with Gasteiger partial charge in [0.25, 0.3) is 0 Å². The van der Waals surface area contributed by atoms with Gasteiger partial charge in [-0.3, -0.25) is 14.5 Å². The number of cyclic esters (lactones) is 1. The molecule has 0 unspecified atom stereocenters. The molecule has 1 heterocycles. The minimum absolute atomic E-state index is 0.0251. The molecule has 4 rings (SSSR count). The van der Waals surface area contributed by atoms with E-state index in [1.807, 2.05) is 12.2 Å². The van der Waals surface area contributed by atoms with Crippen LogP contribution in [0.5, 0.6) is 0 Å². The van der Waals surface area contributed by atoms with Gasteiger partial charge in [0, 0.05) is 11.4 Å². The second-order valence-electron chi connectivity index (χ2n) is 6.64. The molecule has 3 aliphatic rings. The maximum Gasteiger partial charge on any atom is 0.414 e. The summed E-state index contributed by atoms with van der Waals surface area (Å²) in [5.41, 5.74) is 1.18. The zero-order valence-electron chi connectivity index (χ0n) is 13.4. The molecule has 1 saturated heterocycles. The summed E-state index contributed by atoms with van der Waals surface area (Å²) in [7, 11) is 0. The summed E-state index contributed by atoms with van der Waals surface area (Å²) in [4.78, 5) is 37.4. The standard InChI is InChI=1S/C18H18N2O5/c21-16(14-10-4-5-11(8-10)15(14)17(22)23)19-12-2-1-3-13(9-12)20-6-7-25-18(20)24/h1-5,9-11,14-15H,6-8H2,(H,19,21)(H,22,23)/t10-,11-,14-,15-/m0/s1. The first-order valence-electron chi connectivity index (χ1n) is 8.31. The summed E-state index contributed by atoms with van der Waals surface area (Å²) >= 11 is 0. The van der Waals surface area contributed by atoms with E-state index in [4.69, 9.17) is 4.74 Å². The lowest BCUT2D eigenvalue weighted by molar-refractivity contribution is -0.146. The van der Waals surface area contributed by atoms with Gasteiger partial charge in [-0.15, -0.1) is 0 Å². The van der Waals surface area contributed by atoms with Gasteiger partial charge in [-0.25, -0.2) is 4.79 Å². The minimum Gasteiger partial charge on any atom is -0.481 e. The topological polar surface area (TPSA) is 95.9 Å². The largest absolute Gasteiger partial charge is 0.481 e. The first-order valence-corrected chi connectivity index (χ1v) is 8.31. The van der Waals surface area contributed by atoms with Crippen LogP contribution in [0.1, 0.15) is 6.42 Å². The molecule has 4 atom stereocenters. The van der Waals surface area contributed by atoms with Crippen LogP contribution in [-0.4, -0.2) is 36.2 Å². The maximum atomic E-state index is 12.7. The highest BCUT2D eigenvalue weighted by Crippen LogP contribution is 2.48. The third-order valence-corrected chi connectivity index (χ3v) is 5.23. The van der Waals surface area contributed by atoms with Crippen molar-refractivity contribution in [3.8, 4) is 0 Å². The van der Waals surface area contributed by atoms with Crippen LogP contribution < -0.4 is 10.2 Å². The van der Waals surface area contributed by atoms with Crippen LogP contribution in [-0.2, 0) is 14.3 Å². The number of hydrogen-bond donors (Lipinski definition) is 2. The summed E-state index contributed by atoms with van der Waals surface area (Å²) in [6.45, 7) is 0.807. The van der Waals surface area contributed by atoms with Crippen molar-refractivity contribution in [2.24, 2.45) is 23.7 Å². The van der Waals surface area contributed by atoms with E-state index in [-0.39, 0.29) is 17.7 Å². The van der Waals surface area contributed by atoms with Crippen LogP contribution in [0.3, 0.4) is 0 Å². The normalized spacial score (nSPS) is 29.8. The lowest BCUT2D eigenvalue weighted by atomic mass is 9.82. The van der Waals surface area contributed by atoms with Crippen molar-refractivity contribution < 1.29 is 24.2 Å². The Morgan fingerprint density at radius 2 is 1.96 bits per heavy atom. The lowest BCUT2D eigenvalue weighted by Gasteiger charge is -2.24. The molecule has 0 aromatic heterocycles. The number of benzene rings is 1. The zero-order chi connectivity index (χ0) is 17.6. The summed E-state index contributed by atoms with van der Waals surface area (Å²) in [6, 6.07) is 6.93. The van der Waals surface area contributed by atoms with Crippen LogP contribution in [0.4, 0.5) is 16.2 Å². The molecule has 0 spiro atoms. The highest BCUT2D eigenvalue weighted by molar-refractivity contribution is 5.97. The Hall–Kier alpha value is -2.83. The number of rotatable bonds is 4. The summed E-state index contributed by atoms with van der Waals surface area (Å²) in [5.74, 6) is -2.54. The number of hydrogen-bond acceptors (Lipinski definition) is 4. The Balaban J connectivity index is 1.52. The molecule has 2 fully saturated rings. The van der Waals surface area contributed by atoms with Gasteiger partial charge in [0.05, 0.1) is 18.4 Å². The smallest absolute Gasteiger partial charge is 0.414 e. The number of fused-ring (bicyclic) bond motifs is 2. The lowest BCUT2D eigenvalue weighted by Crippen LogP contribution is -2.36. The predicted octanol–water partition coefficient (Wildman–Crippen LogP) is 2.10. The summed E-state index contributed by atoms with van der Waals surface area (Å²) < 4.78 is 4.92. The number of aliphatic carboxylic acids is 1. The van der Waals surface area contributed by atoms with Crippen molar-refractivity contribution >= 4 is 29.3 Å². The molecule has 2 amide bonds. The van der Waals surface area contributed by atoms with E-state index in [0.29, 0.717) is 30.9 Å². The van der Waals surface area contributed by atoms with Crippen LogP contribution in [0.15, 0.2) is 36.4 Å². The molecule has 1 aromatic rings. The van der Waals surface area contributed by atoms with Crippen molar-refractivity contribution in [3.05, 3.63) is 36.4 Å². The van der Waals surface area contributed by atoms with Crippen molar-refractivity contribution in [2.75, 3.05) is 23.4 Å². The molecule has 1 aliphatic heterocycles. The molecular formula is C18H18N2O5. The van der Waals surface area contributed by atoms with E-state index < -0.39 is 23.9 Å². The van der Waals surface area contributed by atoms with Gasteiger partial charge in [-0.1, -0.05) is 18.2 Å². The number of carboxylic acids is 1. The van der Waals surface area contributed by atoms with Gasteiger partial charge in [-0.05, 0) is 36.5 Å². The summed E-state index contributed by atoms with van der Waals surface area (Å²) in [5, 5.41) is 12.3. The van der Waals surface area contributed by atoms with Crippen molar-refractivity contribution in [3.63, 3.8) is 0 Å². The van der Waals surface area contributed by atoms with Gasteiger partial charge >= 0.3 is 12.1 Å². The number of carboxylic acid groups (broad SMARTS) is 1. The zero-order valence-corrected chi connectivity index (χ0v) is 13.4. The fourth-order valence-corrected chi connectivity index (χ4v) is 4.12. The number of amides is 2. The van der Waals surface area contributed by atoms with Crippen LogP contribution in [0, 0.1) is 23.7 Å². The molecule has 2 aliphatic carbocycles. The second kappa shape index (κ2) is 5.91. The average Bonchev–Trinajstić information content (AvgIpc) is 3.29. The van der Waals surface area contributed by atoms with Gasteiger partial charge < -0.3 is 15.2 Å². The van der Waals surface area contributed by atoms with Crippen molar-refractivity contribution in [1.82, 2.24) is 0 Å². The Kier molecular flexibility index (Phi) is 3.71. The molecule has 7 heteroatoms. The van der Waals surface area contributed by atoms with E-state index in [1.54, 1.807) is 24.3 Å². The molecule has 2 N–H and O–H groups in total. The van der Waals surface area contributed by atoms with Crippen LogP contribution >= 0.6 is 0 Å². The fraction of sp³-hybridized carbons (Fsp3) is 0.389. The highest BCUT2D eigenvalue weighted by atomic mass is 16.6. The van der Waals surface area contributed by atoms with E-state index in [2.05, 4.69) is 5.32 Å². The predicted molar refractivity (Wildman–Crippen MR) is 89.1 cm³/mol. The third-order valence-electron chi connectivity index (χ3n) is 5.23. The monoisotopic (exact) mass is 342 g/mol. The van der Waals surface area contributed by atoms with Gasteiger partial charge in [0.15, 0.2) is 0 Å². The molecule has 2 bridgehead atoms. The molecule has 1 aromatic carbocycles. The Labute approximate surface area is 144 Å². The van der Waals surface area contributed by atoms with Gasteiger partial charge in [0.2, 0.25) is 5.91 Å². The number of carbonyl (C=O) groups excluding carboxylic acids is 2. The molecule has 130 valence electrons. The third kappa shape index (κ3) is 2.65. The first-order chi connectivity index (χ1) is 12.0. The van der Waals surface area contributed by atoms with E-state index in [1.165, 1.54) is 4.90 Å².